The second kappa shape index (κ2) is 8.51. The second-order valence-corrected chi connectivity index (χ2v) is 8.27. The van der Waals surface area contributed by atoms with Gasteiger partial charge in [-0.15, -0.1) is 10.2 Å². The van der Waals surface area contributed by atoms with Gasteiger partial charge in [-0.2, -0.15) is 0 Å². The standard InChI is InChI=1S/C18H21ClN4O2S/c19-15-6-8-16(9-7-15)26(24,25)23-18-11-10-17(21-22-18)20-13-12-14-4-2-1-3-5-14/h4,6-11H,1-3,5,12-13H2,(H,20,21)(H,22,23). The van der Waals surface area contributed by atoms with Crippen molar-refractivity contribution in [3.8, 4) is 0 Å². The van der Waals surface area contributed by atoms with E-state index in [0.717, 1.165) is 13.0 Å². The lowest BCUT2D eigenvalue weighted by Crippen LogP contribution is -2.14. The molecule has 26 heavy (non-hydrogen) atoms. The van der Waals surface area contributed by atoms with Gasteiger partial charge in [0.25, 0.3) is 10.0 Å². The van der Waals surface area contributed by atoms with Crippen molar-refractivity contribution in [3.05, 3.63) is 53.1 Å². The Morgan fingerprint density at radius 1 is 1.00 bits per heavy atom. The van der Waals surface area contributed by atoms with Crippen LogP contribution in [0.4, 0.5) is 11.6 Å². The summed E-state index contributed by atoms with van der Waals surface area (Å²) in [6.45, 7) is 0.788. The number of rotatable bonds is 7. The van der Waals surface area contributed by atoms with Gasteiger partial charge >= 0.3 is 0 Å². The molecule has 0 saturated carbocycles. The summed E-state index contributed by atoms with van der Waals surface area (Å²) >= 11 is 5.78. The molecule has 0 atom stereocenters. The van der Waals surface area contributed by atoms with Crippen LogP contribution in [0.25, 0.3) is 0 Å². The number of halogens is 1. The largest absolute Gasteiger partial charge is 0.368 e. The van der Waals surface area contributed by atoms with Gasteiger partial charge in [-0.3, -0.25) is 4.72 Å². The summed E-state index contributed by atoms with van der Waals surface area (Å²) in [4.78, 5) is 0.117. The molecular formula is C18H21ClN4O2S. The minimum atomic E-state index is -3.71. The smallest absolute Gasteiger partial charge is 0.263 e. The molecule has 1 aliphatic carbocycles. The van der Waals surface area contributed by atoms with E-state index in [4.69, 9.17) is 11.6 Å². The molecule has 0 unspecified atom stereocenters. The maximum Gasteiger partial charge on any atom is 0.263 e. The zero-order valence-electron chi connectivity index (χ0n) is 14.3. The first-order valence-electron chi connectivity index (χ1n) is 8.57. The van der Waals surface area contributed by atoms with Gasteiger partial charge in [0.1, 0.15) is 5.82 Å². The van der Waals surface area contributed by atoms with Gasteiger partial charge < -0.3 is 5.32 Å². The molecule has 0 radical (unpaired) electrons. The van der Waals surface area contributed by atoms with Crippen LogP contribution < -0.4 is 10.0 Å². The predicted octanol–water partition coefficient (Wildman–Crippen LogP) is 4.23. The van der Waals surface area contributed by atoms with E-state index in [0.29, 0.717) is 10.8 Å². The first-order chi connectivity index (χ1) is 12.5. The SMILES string of the molecule is O=S(=O)(Nc1ccc(NCCC2=CCCCC2)nn1)c1ccc(Cl)cc1. The van der Waals surface area contributed by atoms with Crippen LogP contribution in [0.3, 0.4) is 0 Å². The third-order valence-electron chi connectivity index (χ3n) is 4.16. The quantitative estimate of drug-likeness (QED) is 0.688. The molecule has 1 heterocycles. The molecule has 8 heteroatoms. The van der Waals surface area contributed by atoms with Crippen molar-refractivity contribution in [2.75, 3.05) is 16.6 Å². The van der Waals surface area contributed by atoms with Crippen LogP contribution in [0.5, 0.6) is 0 Å². The van der Waals surface area contributed by atoms with Gasteiger partial charge in [0.15, 0.2) is 5.82 Å². The fraction of sp³-hybridized carbons (Fsp3) is 0.333. The van der Waals surface area contributed by atoms with Gasteiger partial charge in [-0.25, -0.2) is 8.42 Å². The Balaban J connectivity index is 1.55. The average Bonchev–Trinajstić information content (AvgIpc) is 2.64. The van der Waals surface area contributed by atoms with Crippen molar-refractivity contribution in [2.24, 2.45) is 0 Å². The first kappa shape index (κ1) is 18.7. The van der Waals surface area contributed by atoms with Crippen LogP contribution in [-0.2, 0) is 10.0 Å². The number of allylic oxidation sites excluding steroid dienone is 1. The molecule has 6 nitrogen and oxygen atoms in total. The van der Waals surface area contributed by atoms with Crippen molar-refractivity contribution < 1.29 is 8.42 Å². The molecule has 0 aliphatic heterocycles. The van der Waals surface area contributed by atoms with E-state index in [-0.39, 0.29) is 10.7 Å². The number of anilines is 2. The lowest BCUT2D eigenvalue weighted by molar-refractivity contribution is 0.601. The lowest BCUT2D eigenvalue weighted by atomic mass is 9.97. The third kappa shape index (κ3) is 5.19. The van der Waals surface area contributed by atoms with Gasteiger partial charge in [0.05, 0.1) is 4.90 Å². The number of hydrogen-bond acceptors (Lipinski definition) is 5. The van der Waals surface area contributed by atoms with E-state index < -0.39 is 10.0 Å². The van der Waals surface area contributed by atoms with Crippen molar-refractivity contribution >= 4 is 33.3 Å². The summed E-state index contributed by atoms with van der Waals surface area (Å²) in [7, 11) is -3.71. The van der Waals surface area contributed by atoms with E-state index in [2.05, 4.69) is 26.3 Å². The Hall–Kier alpha value is -2.12. The van der Waals surface area contributed by atoms with E-state index in [9.17, 15) is 8.42 Å². The van der Waals surface area contributed by atoms with Gasteiger partial charge in [0, 0.05) is 11.6 Å². The van der Waals surface area contributed by atoms with Crippen LogP contribution in [0.2, 0.25) is 5.02 Å². The molecule has 1 aromatic carbocycles. The highest BCUT2D eigenvalue weighted by Crippen LogP contribution is 2.20. The van der Waals surface area contributed by atoms with E-state index >= 15 is 0 Å². The molecule has 2 N–H and O–H groups in total. The summed E-state index contributed by atoms with van der Waals surface area (Å²) < 4.78 is 27.0. The molecule has 0 amide bonds. The highest BCUT2D eigenvalue weighted by atomic mass is 35.5. The molecule has 0 bridgehead atoms. The number of aromatic nitrogens is 2. The van der Waals surface area contributed by atoms with E-state index in [1.165, 1.54) is 55.5 Å². The molecule has 2 aromatic rings. The zero-order valence-corrected chi connectivity index (χ0v) is 15.9. The third-order valence-corrected chi connectivity index (χ3v) is 5.79. The van der Waals surface area contributed by atoms with Crippen LogP contribution in [0, 0.1) is 0 Å². The molecule has 0 saturated heterocycles. The number of nitrogens with zero attached hydrogens (tertiary/aromatic N) is 2. The summed E-state index contributed by atoms with van der Waals surface area (Å²) in [6.07, 6.45) is 8.23. The Kier molecular flexibility index (Phi) is 6.11. The van der Waals surface area contributed by atoms with Crippen molar-refractivity contribution in [2.45, 2.75) is 37.0 Å². The zero-order chi connectivity index (χ0) is 18.4. The van der Waals surface area contributed by atoms with Gasteiger partial charge in [-0.1, -0.05) is 23.3 Å². The Bertz CT molecular complexity index is 865. The minimum absolute atomic E-state index is 0.117. The van der Waals surface area contributed by atoms with Crippen LogP contribution in [-0.4, -0.2) is 25.2 Å². The molecular weight excluding hydrogens is 372 g/mol. The number of hydrogen-bond donors (Lipinski definition) is 2. The fourth-order valence-corrected chi connectivity index (χ4v) is 3.90. The number of nitrogens with one attached hydrogen (secondary N) is 2. The van der Waals surface area contributed by atoms with Gasteiger partial charge in [-0.05, 0) is 68.5 Å². The van der Waals surface area contributed by atoms with Crippen molar-refractivity contribution in [1.29, 1.82) is 0 Å². The Labute approximate surface area is 158 Å². The fourth-order valence-electron chi connectivity index (χ4n) is 2.77. The number of benzene rings is 1. The highest BCUT2D eigenvalue weighted by Gasteiger charge is 2.15. The van der Waals surface area contributed by atoms with Gasteiger partial charge in [0.2, 0.25) is 0 Å². The maximum absolute atomic E-state index is 12.3. The van der Waals surface area contributed by atoms with Crippen molar-refractivity contribution in [3.63, 3.8) is 0 Å². The number of sulfonamides is 1. The first-order valence-corrected chi connectivity index (χ1v) is 10.4. The highest BCUT2D eigenvalue weighted by molar-refractivity contribution is 7.92. The van der Waals surface area contributed by atoms with Crippen LogP contribution in [0.15, 0.2) is 52.9 Å². The molecule has 1 aromatic heterocycles. The molecule has 1 aliphatic rings. The van der Waals surface area contributed by atoms with Crippen LogP contribution >= 0.6 is 11.6 Å². The van der Waals surface area contributed by atoms with E-state index in [1.807, 2.05) is 0 Å². The summed E-state index contributed by atoms with van der Waals surface area (Å²) in [5.41, 5.74) is 1.49. The lowest BCUT2D eigenvalue weighted by Gasteiger charge is -2.13. The minimum Gasteiger partial charge on any atom is -0.368 e. The van der Waals surface area contributed by atoms with Crippen molar-refractivity contribution in [1.82, 2.24) is 10.2 Å². The molecule has 138 valence electrons. The Morgan fingerprint density at radius 3 is 2.38 bits per heavy atom. The molecule has 3 rings (SSSR count). The summed E-state index contributed by atoms with van der Waals surface area (Å²) in [5.74, 6) is 0.788. The predicted molar refractivity (Wildman–Crippen MR) is 104 cm³/mol. The van der Waals surface area contributed by atoms with E-state index in [1.54, 1.807) is 12.1 Å². The monoisotopic (exact) mass is 392 g/mol. The topological polar surface area (TPSA) is 84.0 Å². The normalized spacial score (nSPS) is 14.6. The summed E-state index contributed by atoms with van der Waals surface area (Å²) in [6, 6.07) is 9.22. The Morgan fingerprint density at radius 2 is 1.73 bits per heavy atom. The maximum atomic E-state index is 12.3. The summed E-state index contributed by atoms with van der Waals surface area (Å²) in [5, 5.41) is 11.6. The second-order valence-electron chi connectivity index (χ2n) is 6.15. The average molecular weight is 393 g/mol. The molecule has 0 fully saturated rings. The molecule has 0 spiro atoms. The van der Waals surface area contributed by atoms with Crippen LogP contribution in [0.1, 0.15) is 32.1 Å².